The predicted molar refractivity (Wildman–Crippen MR) is 76.7 cm³/mol. The summed E-state index contributed by atoms with van der Waals surface area (Å²) in [7, 11) is 1.51. The first-order valence-corrected chi connectivity index (χ1v) is 6.38. The molecule has 0 aromatic heterocycles. The van der Waals surface area contributed by atoms with Crippen molar-refractivity contribution in [2.24, 2.45) is 0 Å². The first-order chi connectivity index (χ1) is 9.65. The van der Waals surface area contributed by atoms with E-state index in [1.54, 1.807) is 18.2 Å². The van der Waals surface area contributed by atoms with Crippen molar-refractivity contribution in [3.05, 3.63) is 59.4 Å². The minimum Gasteiger partial charge on any atom is -0.496 e. The fourth-order valence-corrected chi connectivity index (χ4v) is 1.90. The van der Waals surface area contributed by atoms with E-state index in [0.717, 1.165) is 12.0 Å². The molecule has 0 aliphatic carbocycles. The zero-order valence-electron chi connectivity index (χ0n) is 11.4. The second-order valence-corrected chi connectivity index (χ2v) is 4.32. The Bertz CT molecular complexity index is 626. The Morgan fingerprint density at radius 2 is 2.00 bits per heavy atom. The fourth-order valence-electron chi connectivity index (χ4n) is 1.90. The SMILES string of the molecule is CCc1ccc(C(=O)Nc2ccccc2F)c(OC)c1. The van der Waals surface area contributed by atoms with Gasteiger partial charge in [-0.1, -0.05) is 25.1 Å². The van der Waals surface area contributed by atoms with Crippen molar-refractivity contribution in [1.82, 2.24) is 0 Å². The molecule has 0 aliphatic heterocycles. The Morgan fingerprint density at radius 1 is 1.25 bits per heavy atom. The molecular weight excluding hydrogens is 257 g/mol. The Hall–Kier alpha value is -2.36. The Kier molecular flexibility index (Phi) is 4.35. The number of hydrogen-bond acceptors (Lipinski definition) is 2. The number of nitrogens with one attached hydrogen (secondary N) is 1. The number of halogens is 1. The lowest BCUT2D eigenvalue weighted by molar-refractivity contribution is 0.102. The van der Waals surface area contributed by atoms with Crippen LogP contribution < -0.4 is 10.1 Å². The molecule has 0 bridgehead atoms. The molecule has 20 heavy (non-hydrogen) atoms. The maximum absolute atomic E-state index is 13.5. The number of anilines is 1. The third kappa shape index (κ3) is 2.96. The molecule has 2 rings (SSSR count). The summed E-state index contributed by atoms with van der Waals surface area (Å²) in [6, 6.07) is 11.4. The van der Waals surface area contributed by atoms with Crippen molar-refractivity contribution in [2.75, 3.05) is 12.4 Å². The van der Waals surface area contributed by atoms with Gasteiger partial charge < -0.3 is 10.1 Å². The number of amides is 1. The van der Waals surface area contributed by atoms with Crippen LogP contribution in [0.2, 0.25) is 0 Å². The zero-order chi connectivity index (χ0) is 14.5. The van der Waals surface area contributed by atoms with E-state index < -0.39 is 11.7 Å². The second-order valence-electron chi connectivity index (χ2n) is 4.32. The van der Waals surface area contributed by atoms with Crippen LogP contribution in [0.3, 0.4) is 0 Å². The Morgan fingerprint density at radius 3 is 2.65 bits per heavy atom. The smallest absolute Gasteiger partial charge is 0.259 e. The van der Waals surface area contributed by atoms with Crippen molar-refractivity contribution in [3.63, 3.8) is 0 Å². The number of rotatable bonds is 4. The highest BCUT2D eigenvalue weighted by molar-refractivity contribution is 6.06. The molecule has 0 spiro atoms. The van der Waals surface area contributed by atoms with E-state index in [1.165, 1.54) is 19.2 Å². The summed E-state index contributed by atoms with van der Waals surface area (Å²) in [6.45, 7) is 2.02. The van der Waals surface area contributed by atoms with Crippen molar-refractivity contribution < 1.29 is 13.9 Å². The molecule has 4 heteroatoms. The lowest BCUT2D eigenvalue weighted by Gasteiger charge is -2.11. The van der Waals surface area contributed by atoms with Gasteiger partial charge in [0.15, 0.2) is 0 Å². The molecule has 2 aromatic rings. The van der Waals surface area contributed by atoms with E-state index in [2.05, 4.69) is 5.32 Å². The number of benzene rings is 2. The minimum atomic E-state index is -0.468. The normalized spacial score (nSPS) is 10.2. The van der Waals surface area contributed by atoms with Gasteiger partial charge >= 0.3 is 0 Å². The largest absolute Gasteiger partial charge is 0.496 e. The van der Waals surface area contributed by atoms with Gasteiger partial charge in [-0.05, 0) is 36.2 Å². The number of ether oxygens (including phenoxy) is 1. The Balaban J connectivity index is 2.27. The lowest BCUT2D eigenvalue weighted by Crippen LogP contribution is -2.14. The third-order valence-corrected chi connectivity index (χ3v) is 3.04. The molecule has 0 fully saturated rings. The average molecular weight is 273 g/mol. The number of aryl methyl sites for hydroxylation is 1. The van der Waals surface area contributed by atoms with Crippen LogP contribution in [0.25, 0.3) is 0 Å². The molecule has 1 amide bonds. The molecule has 1 N–H and O–H groups in total. The molecular formula is C16H16FNO2. The van der Waals surface area contributed by atoms with Crippen LogP contribution in [-0.2, 0) is 6.42 Å². The van der Waals surface area contributed by atoms with Gasteiger partial charge in [0.25, 0.3) is 5.91 Å². The van der Waals surface area contributed by atoms with Crippen LogP contribution in [0.4, 0.5) is 10.1 Å². The van der Waals surface area contributed by atoms with Crippen molar-refractivity contribution in [2.45, 2.75) is 13.3 Å². The molecule has 0 saturated heterocycles. The second kappa shape index (κ2) is 6.19. The molecule has 104 valence electrons. The number of carbonyl (C=O) groups excluding carboxylic acids is 1. The van der Waals surface area contributed by atoms with E-state index >= 15 is 0 Å². The maximum atomic E-state index is 13.5. The van der Waals surface area contributed by atoms with Crippen LogP contribution in [0.15, 0.2) is 42.5 Å². The van der Waals surface area contributed by atoms with Crippen molar-refractivity contribution in [1.29, 1.82) is 0 Å². The topological polar surface area (TPSA) is 38.3 Å². The minimum absolute atomic E-state index is 0.152. The van der Waals surface area contributed by atoms with Gasteiger partial charge in [0.05, 0.1) is 18.4 Å². The first-order valence-electron chi connectivity index (χ1n) is 6.38. The highest BCUT2D eigenvalue weighted by Crippen LogP contribution is 2.22. The van der Waals surface area contributed by atoms with Crippen LogP contribution >= 0.6 is 0 Å². The standard InChI is InChI=1S/C16H16FNO2/c1-3-11-8-9-12(15(10-11)20-2)16(19)18-14-7-5-4-6-13(14)17/h4-10H,3H2,1-2H3,(H,18,19). The summed E-state index contributed by atoms with van der Waals surface area (Å²) < 4.78 is 18.7. The number of hydrogen-bond donors (Lipinski definition) is 1. The van der Waals surface area contributed by atoms with Crippen LogP contribution in [0.5, 0.6) is 5.75 Å². The molecule has 0 aliphatic rings. The molecule has 2 aromatic carbocycles. The molecule has 0 saturated carbocycles. The zero-order valence-corrected chi connectivity index (χ0v) is 11.4. The third-order valence-electron chi connectivity index (χ3n) is 3.04. The summed E-state index contributed by atoms with van der Waals surface area (Å²) >= 11 is 0. The van der Waals surface area contributed by atoms with E-state index in [9.17, 15) is 9.18 Å². The average Bonchev–Trinajstić information content (AvgIpc) is 2.48. The highest BCUT2D eigenvalue weighted by atomic mass is 19.1. The van der Waals surface area contributed by atoms with E-state index in [1.807, 2.05) is 19.1 Å². The van der Waals surface area contributed by atoms with Gasteiger partial charge in [0, 0.05) is 0 Å². The number of carbonyl (C=O) groups is 1. The van der Waals surface area contributed by atoms with Crippen LogP contribution in [0, 0.1) is 5.82 Å². The predicted octanol–water partition coefficient (Wildman–Crippen LogP) is 3.65. The van der Waals surface area contributed by atoms with E-state index in [-0.39, 0.29) is 5.69 Å². The van der Waals surface area contributed by atoms with Gasteiger partial charge in [-0.25, -0.2) is 4.39 Å². The van der Waals surface area contributed by atoms with Crippen LogP contribution in [-0.4, -0.2) is 13.0 Å². The summed E-state index contributed by atoms with van der Waals surface area (Å²) in [4.78, 5) is 12.2. The van der Waals surface area contributed by atoms with Gasteiger partial charge in [0.2, 0.25) is 0 Å². The number of methoxy groups -OCH3 is 1. The summed E-state index contributed by atoms with van der Waals surface area (Å²) in [5.74, 6) is -0.377. The quantitative estimate of drug-likeness (QED) is 0.923. The fraction of sp³-hybridized carbons (Fsp3) is 0.188. The summed E-state index contributed by atoms with van der Waals surface area (Å²) in [5.41, 5.74) is 1.61. The van der Waals surface area contributed by atoms with Gasteiger partial charge in [-0.3, -0.25) is 4.79 Å². The van der Waals surface area contributed by atoms with E-state index in [0.29, 0.717) is 11.3 Å². The monoisotopic (exact) mass is 273 g/mol. The maximum Gasteiger partial charge on any atom is 0.259 e. The van der Waals surface area contributed by atoms with Crippen LogP contribution in [0.1, 0.15) is 22.8 Å². The van der Waals surface area contributed by atoms with Gasteiger partial charge in [-0.2, -0.15) is 0 Å². The Labute approximate surface area is 117 Å². The van der Waals surface area contributed by atoms with Crippen molar-refractivity contribution >= 4 is 11.6 Å². The number of para-hydroxylation sites is 1. The van der Waals surface area contributed by atoms with E-state index in [4.69, 9.17) is 4.74 Å². The van der Waals surface area contributed by atoms with Gasteiger partial charge in [0.1, 0.15) is 11.6 Å². The molecule has 0 radical (unpaired) electrons. The summed E-state index contributed by atoms with van der Waals surface area (Å²) in [6.07, 6.45) is 0.853. The molecule has 0 heterocycles. The summed E-state index contributed by atoms with van der Waals surface area (Å²) in [5, 5.41) is 2.54. The highest BCUT2D eigenvalue weighted by Gasteiger charge is 2.14. The van der Waals surface area contributed by atoms with Gasteiger partial charge in [-0.15, -0.1) is 0 Å². The van der Waals surface area contributed by atoms with Crippen molar-refractivity contribution in [3.8, 4) is 5.75 Å². The molecule has 3 nitrogen and oxygen atoms in total. The first kappa shape index (κ1) is 14.1. The molecule has 0 unspecified atom stereocenters. The molecule has 0 atom stereocenters. The lowest BCUT2D eigenvalue weighted by atomic mass is 10.1.